The summed E-state index contributed by atoms with van der Waals surface area (Å²) in [5, 5.41) is 20.0. The molecule has 0 bridgehead atoms. The lowest BCUT2D eigenvalue weighted by Crippen LogP contribution is -2.44. The fraction of sp³-hybridized carbons (Fsp3) is 0.462. The number of benzene rings is 2. The molecule has 10 nitrogen and oxygen atoms in total. The first-order valence-electron chi connectivity index (χ1n) is 12.7. The Bertz CT molecular complexity index is 1440. The number of hydrogen-bond acceptors (Lipinski definition) is 7. The normalized spacial score (nSPS) is 20.4. The lowest BCUT2D eigenvalue weighted by Gasteiger charge is -2.38. The molecule has 2 aliphatic heterocycles. The molecule has 3 heterocycles. The summed E-state index contributed by atoms with van der Waals surface area (Å²) >= 11 is 0. The molecule has 3 aromatic rings. The van der Waals surface area contributed by atoms with E-state index in [1.165, 1.54) is 23.4 Å². The van der Waals surface area contributed by atoms with E-state index in [4.69, 9.17) is 0 Å². The van der Waals surface area contributed by atoms with Crippen molar-refractivity contribution in [3.05, 3.63) is 75.9 Å². The first-order valence-corrected chi connectivity index (χ1v) is 14.2. The van der Waals surface area contributed by atoms with E-state index in [0.717, 1.165) is 18.7 Å². The zero-order valence-corrected chi connectivity index (χ0v) is 22.3. The van der Waals surface area contributed by atoms with Crippen molar-refractivity contribution >= 4 is 21.4 Å². The van der Waals surface area contributed by atoms with Gasteiger partial charge in [-0.1, -0.05) is 30.3 Å². The monoisotopic (exact) mass is 542 g/mol. The minimum absolute atomic E-state index is 0.000163. The molecule has 0 N–H and O–H groups in total. The predicted octanol–water partition coefficient (Wildman–Crippen LogP) is 4.07. The smallest absolute Gasteiger partial charge is 0.274 e. The van der Waals surface area contributed by atoms with Gasteiger partial charge in [0.1, 0.15) is 22.7 Å². The number of anilines is 1. The molecule has 0 aliphatic carbocycles. The van der Waals surface area contributed by atoms with Crippen LogP contribution in [0.3, 0.4) is 0 Å². The summed E-state index contributed by atoms with van der Waals surface area (Å²) < 4.78 is 46.8. The van der Waals surface area contributed by atoms with E-state index < -0.39 is 20.6 Å². The van der Waals surface area contributed by atoms with Crippen molar-refractivity contribution in [2.75, 3.05) is 31.1 Å². The number of halogens is 1. The minimum atomic E-state index is -4.05. The third-order valence-corrected chi connectivity index (χ3v) is 9.70. The van der Waals surface area contributed by atoms with Crippen molar-refractivity contribution in [1.82, 2.24) is 19.1 Å². The molecule has 0 amide bonds. The summed E-state index contributed by atoms with van der Waals surface area (Å²) in [5.74, 6) is 0.789. The Balaban J connectivity index is 1.48. The molecule has 1 unspecified atom stereocenters. The molecule has 2 fully saturated rings. The second-order valence-corrected chi connectivity index (χ2v) is 12.1. The van der Waals surface area contributed by atoms with Gasteiger partial charge in [0.25, 0.3) is 5.69 Å². The molecular formula is C26H31FN6O4S. The fourth-order valence-electron chi connectivity index (χ4n) is 5.62. The first-order chi connectivity index (χ1) is 18.1. The molecule has 0 radical (unpaired) electrons. The highest BCUT2D eigenvalue weighted by Crippen LogP contribution is 2.41. The lowest BCUT2D eigenvalue weighted by atomic mass is 9.87. The number of hydrogen-bond donors (Lipinski definition) is 0. The zero-order chi connectivity index (χ0) is 27.1. The van der Waals surface area contributed by atoms with Gasteiger partial charge in [0.15, 0.2) is 0 Å². The molecule has 2 aromatic carbocycles. The molecule has 5 rings (SSSR count). The molecule has 1 atom stereocenters. The summed E-state index contributed by atoms with van der Waals surface area (Å²) in [6.07, 6.45) is 3.32. The number of aromatic nitrogens is 3. The molecule has 2 aliphatic rings. The third-order valence-electron chi connectivity index (χ3n) is 7.77. The minimum Gasteiger partial charge on any atom is -0.370 e. The van der Waals surface area contributed by atoms with Gasteiger partial charge in [-0.15, -0.1) is 10.2 Å². The fourth-order valence-corrected chi connectivity index (χ4v) is 7.34. The van der Waals surface area contributed by atoms with E-state index in [1.54, 1.807) is 30.6 Å². The van der Waals surface area contributed by atoms with Crippen LogP contribution in [-0.2, 0) is 22.7 Å². The lowest BCUT2D eigenvalue weighted by molar-refractivity contribution is -0.385. The van der Waals surface area contributed by atoms with E-state index in [9.17, 15) is 18.5 Å². The molecule has 38 heavy (non-hydrogen) atoms. The van der Waals surface area contributed by atoms with E-state index in [0.29, 0.717) is 24.3 Å². The van der Waals surface area contributed by atoms with Gasteiger partial charge in [0.2, 0.25) is 10.0 Å². The van der Waals surface area contributed by atoms with Crippen LogP contribution in [0.4, 0.5) is 15.8 Å². The van der Waals surface area contributed by atoms with Crippen LogP contribution in [0.2, 0.25) is 0 Å². The Hall–Kier alpha value is -3.38. The van der Waals surface area contributed by atoms with Gasteiger partial charge in [-0.3, -0.25) is 10.1 Å². The standard InChI is InChI=1S/C26H31FN6O4S/c1-19-15-24(38(36,37)32-13-10-26(27,11-14-32)21-8-4-3-5-9-21)23(16-22(19)33(34)35)31-12-6-7-20(17-31)25-29-28-18-30(25)2/h3-5,8-9,15-16,18,20H,6-7,10-14,17H2,1-2H3. The maximum absolute atomic E-state index is 15.7. The summed E-state index contributed by atoms with van der Waals surface area (Å²) in [5.41, 5.74) is -0.621. The number of nitro groups is 1. The van der Waals surface area contributed by atoms with Gasteiger partial charge in [-0.25, -0.2) is 12.8 Å². The highest BCUT2D eigenvalue weighted by atomic mass is 32.2. The van der Waals surface area contributed by atoms with E-state index >= 15 is 4.39 Å². The Kier molecular flexibility index (Phi) is 6.95. The molecule has 2 saturated heterocycles. The number of rotatable bonds is 6. The quantitative estimate of drug-likeness (QED) is 0.341. The van der Waals surface area contributed by atoms with Crippen molar-refractivity contribution in [3.8, 4) is 0 Å². The number of alkyl halides is 1. The Morgan fingerprint density at radius 3 is 2.47 bits per heavy atom. The summed E-state index contributed by atoms with van der Waals surface area (Å²) in [4.78, 5) is 13.2. The van der Waals surface area contributed by atoms with Crippen LogP contribution in [0, 0.1) is 17.0 Å². The Labute approximate surface area is 221 Å². The molecule has 0 spiro atoms. The molecule has 12 heteroatoms. The van der Waals surface area contributed by atoms with E-state index in [1.807, 2.05) is 22.6 Å². The predicted molar refractivity (Wildman–Crippen MR) is 140 cm³/mol. The number of nitrogens with zero attached hydrogens (tertiary/aromatic N) is 6. The maximum Gasteiger partial charge on any atom is 0.274 e. The summed E-state index contributed by atoms with van der Waals surface area (Å²) in [6.45, 7) is 2.59. The van der Waals surface area contributed by atoms with Gasteiger partial charge >= 0.3 is 0 Å². The van der Waals surface area contributed by atoms with Gasteiger partial charge in [-0.2, -0.15) is 4.31 Å². The van der Waals surface area contributed by atoms with E-state index in [2.05, 4.69) is 10.2 Å². The second-order valence-electron chi connectivity index (χ2n) is 10.2. The topological polar surface area (TPSA) is 114 Å². The largest absolute Gasteiger partial charge is 0.370 e. The summed E-state index contributed by atoms with van der Waals surface area (Å²) in [6, 6.07) is 11.6. The van der Waals surface area contributed by atoms with Crippen LogP contribution in [0.15, 0.2) is 53.7 Å². The summed E-state index contributed by atoms with van der Waals surface area (Å²) in [7, 11) is -2.19. The molecule has 1 aromatic heterocycles. The average molecular weight is 543 g/mol. The van der Waals surface area contributed by atoms with Crippen LogP contribution < -0.4 is 4.90 Å². The molecule has 0 saturated carbocycles. The average Bonchev–Trinajstić information content (AvgIpc) is 3.35. The van der Waals surface area contributed by atoms with Crippen molar-refractivity contribution < 1.29 is 17.7 Å². The molecule has 202 valence electrons. The third kappa shape index (κ3) is 4.78. The SMILES string of the molecule is Cc1cc(S(=O)(=O)N2CCC(F)(c3ccccc3)CC2)c(N2CCCC(c3nncn3C)C2)cc1[N+](=O)[O-]. The maximum atomic E-state index is 15.7. The number of nitro benzene ring substituents is 1. The first kappa shape index (κ1) is 26.2. The van der Waals surface area contributed by atoms with Crippen molar-refractivity contribution in [2.24, 2.45) is 7.05 Å². The van der Waals surface area contributed by atoms with Crippen molar-refractivity contribution in [2.45, 2.75) is 49.1 Å². The van der Waals surface area contributed by atoms with Crippen molar-refractivity contribution in [1.29, 1.82) is 0 Å². The highest BCUT2D eigenvalue weighted by molar-refractivity contribution is 7.89. The van der Waals surface area contributed by atoms with Crippen LogP contribution >= 0.6 is 0 Å². The van der Waals surface area contributed by atoms with Crippen LogP contribution in [-0.4, -0.2) is 58.6 Å². The van der Waals surface area contributed by atoms with Gasteiger partial charge in [-0.05, 0) is 44.2 Å². The number of aryl methyl sites for hydroxylation is 2. The number of piperidine rings is 2. The Morgan fingerprint density at radius 1 is 1.13 bits per heavy atom. The van der Waals surface area contributed by atoms with E-state index in [-0.39, 0.29) is 48.0 Å². The second kappa shape index (κ2) is 10.1. The highest BCUT2D eigenvalue weighted by Gasteiger charge is 2.41. The van der Waals surface area contributed by atoms with Gasteiger partial charge in [0.05, 0.1) is 10.6 Å². The van der Waals surface area contributed by atoms with Crippen LogP contribution in [0.5, 0.6) is 0 Å². The molecular weight excluding hydrogens is 511 g/mol. The van der Waals surface area contributed by atoms with Crippen LogP contribution in [0.25, 0.3) is 0 Å². The van der Waals surface area contributed by atoms with Crippen molar-refractivity contribution in [3.63, 3.8) is 0 Å². The van der Waals surface area contributed by atoms with Gasteiger partial charge in [0, 0.05) is 50.8 Å². The number of sulfonamides is 1. The zero-order valence-electron chi connectivity index (χ0n) is 21.5. The van der Waals surface area contributed by atoms with Gasteiger partial charge < -0.3 is 9.47 Å². The van der Waals surface area contributed by atoms with Crippen LogP contribution in [0.1, 0.15) is 48.6 Å². The Morgan fingerprint density at radius 2 is 1.84 bits per heavy atom.